The number of carbonyl (C=O) groups excluding carboxylic acids is 1. The van der Waals surface area contributed by atoms with Crippen molar-refractivity contribution in [3.8, 4) is 0 Å². The summed E-state index contributed by atoms with van der Waals surface area (Å²) in [4.78, 5) is 11.4. The number of benzene rings is 1. The Labute approximate surface area is 96.4 Å². The molecule has 0 radical (unpaired) electrons. The summed E-state index contributed by atoms with van der Waals surface area (Å²) >= 11 is 0. The van der Waals surface area contributed by atoms with E-state index in [9.17, 15) is 4.79 Å². The van der Waals surface area contributed by atoms with E-state index in [1.54, 1.807) is 0 Å². The largest absolute Gasteiger partial charge is 0.352 e. The molecular weight excluding hydrogens is 198 g/mol. The van der Waals surface area contributed by atoms with Gasteiger partial charge in [0, 0.05) is 12.1 Å². The van der Waals surface area contributed by atoms with Gasteiger partial charge in [0.2, 0.25) is 5.91 Å². The molecule has 1 heterocycles. The summed E-state index contributed by atoms with van der Waals surface area (Å²) in [6.45, 7) is 5.13. The van der Waals surface area contributed by atoms with Gasteiger partial charge in [0.1, 0.15) is 0 Å². The molecule has 1 aromatic rings. The lowest BCUT2D eigenvalue weighted by Gasteiger charge is -2.05. The molecule has 1 fully saturated rings. The lowest BCUT2D eigenvalue weighted by molar-refractivity contribution is -0.116. The number of carbonyl (C=O) groups is 1. The van der Waals surface area contributed by atoms with E-state index in [0.717, 1.165) is 24.1 Å². The molecule has 0 aromatic heterocycles. The van der Waals surface area contributed by atoms with Gasteiger partial charge in [-0.2, -0.15) is 0 Å². The van der Waals surface area contributed by atoms with Crippen LogP contribution < -0.4 is 5.32 Å². The van der Waals surface area contributed by atoms with Crippen molar-refractivity contribution in [2.75, 3.05) is 6.54 Å². The summed E-state index contributed by atoms with van der Waals surface area (Å²) in [6, 6.07) is 8.41. The third kappa shape index (κ3) is 2.32. The van der Waals surface area contributed by atoms with Gasteiger partial charge >= 0.3 is 0 Å². The molecule has 1 N–H and O–H groups in total. The topological polar surface area (TPSA) is 29.1 Å². The summed E-state index contributed by atoms with van der Waals surface area (Å²) in [5, 5.41) is 2.81. The Hall–Kier alpha value is -1.57. The number of nitrogens with one attached hydrogen (secondary N) is 1. The summed E-state index contributed by atoms with van der Waals surface area (Å²) in [5.74, 6) is 0.629. The molecule has 2 heteroatoms. The van der Waals surface area contributed by atoms with Crippen molar-refractivity contribution in [1.82, 2.24) is 5.32 Å². The monoisotopic (exact) mass is 215 g/mol. The lowest BCUT2D eigenvalue weighted by Crippen LogP contribution is -2.13. The summed E-state index contributed by atoms with van der Waals surface area (Å²) in [5.41, 5.74) is 3.33. The fraction of sp³-hybridized carbons (Fsp3) is 0.357. The minimum absolute atomic E-state index is 0.0768. The fourth-order valence-corrected chi connectivity index (χ4v) is 1.85. The summed E-state index contributed by atoms with van der Waals surface area (Å²) in [6.07, 6.45) is 2.82. The first-order valence-electron chi connectivity index (χ1n) is 5.75. The van der Waals surface area contributed by atoms with Crippen molar-refractivity contribution in [2.24, 2.45) is 0 Å². The van der Waals surface area contributed by atoms with Crippen LogP contribution in [0.5, 0.6) is 0 Å². The Morgan fingerprint density at radius 2 is 1.94 bits per heavy atom. The number of hydrogen-bond acceptors (Lipinski definition) is 1. The predicted molar refractivity (Wildman–Crippen MR) is 66.1 cm³/mol. The minimum atomic E-state index is 0.0768. The van der Waals surface area contributed by atoms with Crippen LogP contribution in [0.1, 0.15) is 37.3 Å². The zero-order valence-electron chi connectivity index (χ0n) is 9.79. The maximum absolute atomic E-state index is 11.4. The zero-order valence-corrected chi connectivity index (χ0v) is 9.79. The first-order chi connectivity index (χ1) is 7.66. The third-order valence-corrected chi connectivity index (χ3v) is 2.92. The van der Waals surface area contributed by atoms with Crippen LogP contribution >= 0.6 is 0 Å². The number of hydrogen-bond donors (Lipinski definition) is 1. The molecule has 0 aliphatic carbocycles. The van der Waals surface area contributed by atoms with Gasteiger partial charge in [-0.1, -0.05) is 38.1 Å². The van der Waals surface area contributed by atoms with Crippen LogP contribution in [0.4, 0.5) is 0 Å². The molecule has 1 aliphatic heterocycles. The molecule has 84 valence electrons. The van der Waals surface area contributed by atoms with E-state index >= 15 is 0 Å². The normalized spacial score (nSPS) is 18.2. The minimum Gasteiger partial charge on any atom is -0.352 e. The first-order valence-corrected chi connectivity index (χ1v) is 5.75. The molecule has 2 rings (SSSR count). The standard InChI is InChI=1S/C14H17NO/c1-10(2)12-5-3-11(4-6-12)9-13-7-8-15-14(13)16/h3-6,9-10H,7-8H2,1-2H3,(H,15,16)/b13-9-. The van der Waals surface area contributed by atoms with Gasteiger partial charge in [0.25, 0.3) is 0 Å². The van der Waals surface area contributed by atoms with Crippen LogP contribution in [0.3, 0.4) is 0 Å². The van der Waals surface area contributed by atoms with E-state index in [0.29, 0.717) is 5.92 Å². The molecule has 1 aliphatic rings. The average Bonchev–Trinajstić information content (AvgIpc) is 2.65. The molecule has 0 atom stereocenters. The number of amides is 1. The summed E-state index contributed by atoms with van der Waals surface area (Å²) in [7, 11) is 0. The van der Waals surface area contributed by atoms with E-state index in [4.69, 9.17) is 0 Å². The van der Waals surface area contributed by atoms with Crippen LogP contribution in [-0.2, 0) is 4.79 Å². The Morgan fingerprint density at radius 3 is 2.44 bits per heavy atom. The molecule has 1 aromatic carbocycles. The molecular formula is C14H17NO. The third-order valence-electron chi connectivity index (χ3n) is 2.92. The molecule has 0 bridgehead atoms. The van der Waals surface area contributed by atoms with Gasteiger partial charge < -0.3 is 5.32 Å². The van der Waals surface area contributed by atoms with Crippen molar-refractivity contribution in [1.29, 1.82) is 0 Å². The quantitative estimate of drug-likeness (QED) is 0.755. The molecule has 16 heavy (non-hydrogen) atoms. The van der Waals surface area contributed by atoms with Crippen molar-refractivity contribution >= 4 is 12.0 Å². The van der Waals surface area contributed by atoms with Crippen molar-refractivity contribution in [3.05, 3.63) is 41.0 Å². The van der Waals surface area contributed by atoms with E-state index in [1.807, 2.05) is 6.08 Å². The van der Waals surface area contributed by atoms with Crippen LogP contribution in [0.2, 0.25) is 0 Å². The maximum atomic E-state index is 11.4. The van der Waals surface area contributed by atoms with Crippen LogP contribution in [0.25, 0.3) is 6.08 Å². The average molecular weight is 215 g/mol. The van der Waals surface area contributed by atoms with Gasteiger partial charge in [-0.3, -0.25) is 4.79 Å². The predicted octanol–water partition coefficient (Wildman–Crippen LogP) is 2.71. The SMILES string of the molecule is CC(C)c1ccc(/C=C2/CCNC2=O)cc1. The van der Waals surface area contributed by atoms with Crippen molar-refractivity contribution < 1.29 is 4.79 Å². The van der Waals surface area contributed by atoms with Crippen molar-refractivity contribution in [3.63, 3.8) is 0 Å². The Kier molecular flexibility index (Phi) is 3.09. The van der Waals surface area contributed by atoms with Gasteiger partial charge in [-0.15, -0.1) is 0 Å². The van der Waals surface area contributed by atoms with Crippen LogP contribution in [-0.4, -0.2) is 12.5 Å². The Balaban J connectivity index is 2.19. The van der Waals surface area contributed by atoms with Crippen LogP contribution in [0, 0.1) is 0 Å². The van der Waals surface area contributed by atoms with E-state index in [2.05, 4.69) is 43.4 Å². The molecule has 1 amide bonds. The highest BCUT2D eigenvalue weighted by atomic mass is 16.1. The molecule has 2 nitrogen and oxygen atoms in total. The van der Waals surface area contributed by atoms with Gasteiger partial charge in [-0.25, -0.2) is 0 Å². The Bertz CT molecular complexity index is 415. The second-order valence-corrected chi connectivity index (χ2v) is 4.50. The highest BCUT2D eigenvalue weighted by molar-refractivity contribution is 5.99. The number of rotatable bonds is 2. The summed E-state index contributed by atoms with van der Waals surface area (Å²) < 4.78 is 0. The zero-order chi connectivity index (χ0) is 11.5. The Morgan fingerprint density at radius 1 is 1.25 bits per heavy atom. The lowest BCUT2D eigenvalue weighted by atomic mass is 10.0. The van der Waals surface area contributed by atoms with E-state index < -0.39 is 0 Å². The van der Waals surface area contributed by atoms with E-state index in [1.165, 1.54) is 5.56 Å². The fourth-order valence-electron chi connectivity index (χ4n) is 1.85. The second kappa shape index (κ2) is 4.52. The second-order valence-electron chi connectivity index (χ2n) is 4.50. The van der Waals surface area contributed by atoms with Crippen molar-refractivity contribution in [2.45, 2.75) is 26.2 Å². The molecule has 1 saturated heterocycles. The maximum Gasteiger partial charge on any atom is 0.247 e. The highest BCUT2D eigenvalue weighted by Crippen LogP contribution is 2.18. The van der Waals surface area contributed by atoms with E-state index in [-0.39, 0.29) is 5.91 Å². The molecule has 0 saturated carbocycles. The van der Waals surface area contributed by atoms with Gasteiger partial charge in [0.05, 0.1) is 0 Å². The van der Waals surface area contributed by atoms with Gasteiger partial charge in [-0.05, 0) is 29.5 Å². The molecule has 0 spiro atoms. The molecule has 0 unspecified atom stereocenters. The van der Waals surface area contributed by atoms with Crippen LogP contribution in [0.15, 0.2) is 29.8 Å². The highest BCUT2D eigenvalue weighted by Gasteiger charge is 2.15. The van der Waals surface area contributed by atoms with Gasteiger partial charge in [0.15, 0.2) is 0 Å². The smallest absolute Gasteiger partial charge is 0.247 e. The first kappa shape index (κ1) is 10.9.